The van der Waals surface area contributed by atoms with Crippen molar-refractivity contribution >= 4 is 5.65 Å². The van der Waals surface area contributed by atoms with E-state index in [0.717, 1.165) is 30.0 Å². The van der Waals surface area contributed by atoms with E-state index in [0.29, 0.717) is 0 Å². The fourth-order valence-electron chi connectivity index (χ4n) is 1.27. The van der Waals surface area contributed by atoms with Gasteiger partial charge in [-0.15, -0.1) is 5.10 Å². The monoisotopic (exact) mass is 164 g/mol. The first-order valence-electron chi connectivity index (χ1n) is 4.21. The molecular weight excluding hydrogens is 152 g/mol. The van der Waals surface area contributed by atoms with Gasteiger partial charge in [-0.05, 0) is 13.3 Å². The zero-order valence-corrected chi connectivity index (χ0v) is 7.33. The molecular formula is C8H12N4. The summed E-state index contributed by atoms with van der Waals surface area (Å²) in [5.74, 6) is 0.920. The third kappa shape index (κ3) is 1.09. The molecule has 0 aliphatic carbocycles. The highest BCUT2D eigenvalue weighted by molar-refractivity contribution is 5.37. The molecule has 0 bridgehead atoms. The average Bonchev–Trinajstić information content (AvgIpc) is 2.44. The summed E-state index contributed by atoms with van der Waals surface area (Å²) in [7, 11) is 0. The van der Waals surface area contributed by atoms with Crippen LogP contribution in [-0.4, -0.2) is 19.8 Å². The molecule has 2 rings (SSSR count). The highest BCUT2D eigenvalue weighted by Gasteiger charge is 2.03. The van der Waals surface area contributed by atoms with Crippen LogP contribution in [0.5, 0.6) is 0 Å². The van der Waals surface area contributed by atoms with Crippen molar-refractivity contribution in [1.29, 1.82) is 0 Å². The van der Waals surface area contributed by atoms with E-state index < -0.39 is 0 Å². The van der Waals surface area contributed by atoms with Crippen LogP contribution in [0.4, 0.5) is 0 Å². The molecule has 12 heavy (non-hydrogen) atoms. The first kappa shape index (κ1) is 7.34. The third-order valence-electron chi connectivity index (χ3n) is 1.78. The van der Waals surface area contributed by atoms with Gasteiger partial charge in [0.15, 0.2) is 11.5 Å². The maximum Gasteiger partial charge on any atom is 0.175 e. The summed E-state index contributed by atoms with van der Waals surface area (Å²) in [5.41, 5.74) is 2.00. The summed E-state index contributed by atoms with van der Waals surface area (Å²) in [6.07, 6.45) is 2.04. The summed E-state index contributed by atoms with van der Waals surface area (Å²) < 4.78 is 1.72. The number of H-pyrrole nitrogens is 1. The SMILES string of the molecule is CCCc1nc2cc(C)[nH]n2n1. The second-order valence-corrected chi connectivity index (χ2v) is 2.99. The Kier molecular flexibility index (Phi) is 1.60. The number of nitrogens with zero attached hydrogens (tertiary/aromatic N) is 3. The number of aromatic nitrogens is 4. The summed E-state index contributed by atoms with van der Waals surface area (Å²) in [6.45, 7) is 4.12. The maximum atomic E-state index is 4.34. The van der Waals surface area contributed by atoms with Gasteiger partial charge in [-0.1, -0.05) is 6.92 Å². The van der Waals surface area contributed by atoms with Crippen LogP contribution in [0.25, 0.3) is 5.65 Å². The molecule has 0 amide bonds. The molecule has 0 spiro atoms. The van der Waals surface area contributed by atoms with Crippen molar-refractivity contribution in [2.24, 2.45) is 0 Å². The van der Waals surface area contributed by atoms with Gasteiger partial charge in [0.2, 0.25) is 0 Å². The lowest BCUT2D eigenvalue weighted by molar-refractivity contribution is 0.757. The molecule has 0 fully saturated rings. The van der Waals surface area contributed by atoms with Crippen LogP contribution in [0.15, 0.2) is 6.07 Å². The van der Waals surface area contributed by atoms with Crippen LogP contribution in [0.2, 0.25) is 0 Å². The molecule has 0 aromatic carbocycles. The first-order chi connectivity index (χ1) is 5.79. The fourth-order valence-corrected chi connectivity index (χ4v) is 1.27. The number of rotatable bonds is 2. The van der Waals surface area contributed by atoms with Gasteiger partial charge in [0.05, 0.1) is 0 Å². The van der Waals surface area contributed by atoms with Crippen molar-refractivity contribution in [2.75, 3.05) is 0 Å². The Bertz CT molecular complexity index is 353. The summed E-state index contributed by atoms with van der Waals surface area (Å²) in [5, 5.41) is 7.35. The Morgan fingerprint density at radius 2 is 2.42 bits per heavy atom. The van der Waals surface area contributed by atoms with Crippen molar-refractivity contribution < 1.29 is 0 Å². The Balaban J connectivity index is 2.43. The number of nitrogens with one attached hydrogen (secondary N) is 1. The van der Waals surface area contributed by atoms with Gasteiger partial charge in [-0.3, -0.25) is 5.10 Å². The minimum absolute atomic E-state index is 0.913. The number of fused-ring (bicyclic) bond motifs is 1. The fraction of sp³-hybridized carbons (Fsp3) is 0.500. The largest absolute Gasteiger partial charge is 0.281 e. The average molecular weight is 164 g/mol. The lowest BCUT2D eigenvalue weighted by Gasteiger charge is -1.85. The molecule has 0 saturated heterocycles. The van der Waals surface area contributed by atoms with Crippen LogP contribution in [0, 0.1) is 6.92 Å². The van der Waals surface area contributed by atoms with Crippen LogP contribution >= 0.6 is 0 Å². The van der Waals surface area contributed by atoms with Gasteiger partial charge in [-0.2, -0.15) is 4.63 Å². The van der Waals surface area contributed by atoms with E-state index in [9.17, 15) is 0 Å². The lowest BCUT2D eigenvalue weighted by atomic mass is 10.3. The van der Waals surface area contributed by atoms with Crippen molar-refractivity contribution in [3.63, 3.8) is 0 Å². The molecule has 0 unspecified atom stereocenters. The van der Waals surface area contributed by atoms with Crippen LogP contribution in [-0.2, 0) is 6.42 Å². The van der Waals surface area contributed by atoms with E-state index in [4.69, 9.17) is 0 Å². The van der Waals surface area contributed by atoms with Crippen LogP contribution in [0.1, 0.15) is 24.9 Å². The standard InChI is InChI=1S/C8H12N4/c1-3-4-7-9-8-5-6(2)10-12(8)11-7/h5,10H,3-4H2,1-2H3. The summed E-state index contributed by atoms with van der Waals surface area (Å²) in [4.78, 5) is 4.34. The molecule has 64 valence electrons. The normalized spacial score (nSPS) is 11.2. The highest BCUT2D eigenvalue weighted by Crippen LogP contribution is 2.03. The number of aryl methyl sites for hydroxylation is 2. The minimum atomic E-state index is 0.913. The molecule has 4 nitrogen and oxygen atoms in total. The molecule has 0 radical (unpaired) electrons. The molecule has 4 heteroatoms. The second kappa shape index (κ2) is 2.62. The highest BCUT2D eigenvalue weighted by atomic mass is 15.5. The number of aromatic amines is 1. The van der Waals surface area contributed by atoms with Gasteiger partial charge in [0.1, 0.15) is 0 Å². The van der Waals surface area contributed by atoms with E-state index in [2.05, 4.69) is 22.1 Å². The second-order valence-electron chi connectivity index (χ2n) is 2.99. The van der Waals surface area contributed by atoms with Crippen LogP contribution in [0.3, 0.4) is 0 Å². The lowest BCUT2D eigenvalue weighted by Crippen LogP contribution is -1.90. The smallest absolute Gasteiger partial charge is 0.175 e. The minimum Gasteiger partial charge on any atom is -0.281 e. The summed E-state index contributed by atoms with van der Waals surface area (Å²) in [6, 6.07) is 1.99. The zero-order valence-electron chi connectivity index (χ0n) is 7.33. The molecule has 1 N–H and O–H groups in total. The Morgan fingerprint density at radius 1 is 1.58 bits per heavy atom. The Hall–Kier alpha value is -1.32. The predicted molar refractivity (Wildman–Crippen MR) is 46.1 cm³/mol. The third-order valence-corrected chi connectivity index (χ3v) is 1.78. The van der Waals surface area contributed by atoms with E-state index in [1.807, 2.05) is 13.0 Å². The van der Waals surface area contributed by atoms with Crippen molar-refractivity contribution in [3.05, 3.63) is 17.6 Å². The van der Waals surface area contributed by atoms with E-state index in [1.54, 1.807) is 4.63 Å². The quantitative estimate of drug-likeness (QED) is 0.727. The zero-order chi connectivity index (χ0) is 8.55. The van der Waals surface area contributed by atoms with E-state index in [-0.39, 0.29) is 0 Å². The van der Waals surface area contributed by atoms with Gasteiger partial charge < -0.3 is 0 Å². The van der Waals surface area contributed by atoms with Gasteiger partial charge in [0, 0.05) is 18.2 Å². The maximum absolute atomic E-state index is 4.34. The van der Waals surface area contributed by atoms with Gasteiger partial charge in [0.25, 0.3) is 0 Å². The van der Waals surface area contributed by atoms with Gasteiger partial charge >= 0.3 is 0 Å². The summed E-state index contributed by atoms with van der Waals surface area (Å²) >= 11 is 0. The molecule has 2 aromatic rings. The predicted octanol–water partition coefficient (Wildman–Crippen LogP) is 1.32. The van der Waals surface area contributed by atoms with E-state index >= 15 is 0 Å². The molecule has 0 aliphatic heterocycles. The molecule has 2 aromatic heterocycles. The molecule has 0 atom stereocenters. The molecule has 0 saturated carbocycles. The van der Waals surface area contributed by atoms with Crippen molar-refractivity contribution in [3.8, 4) is 0 Å². The molecule has 0 aliphatic rings. The first-order valence-corrected chi connectivity index (χ1v) is 4.21. The van der Waals surface area contributed by atoms with Gasteiger partial charge in [-0.25, -0.2) is 4.98 Å². The Labute approximate surface area is 70.6 Å². The van der Waals surface area contributed by atoms with Crippen LogP contribution < -0.4 is 0 Å². The number of hydrogen-bond acceptors (Lipinski definition) is 2. The number of hydrogen-bond donors (Lipinski definition) is 1. The molecule has 2 heterocycles. The van der Waals surface area contributed by atoms with Crippen molar-refractivity contribution in [1.82, 2.24) is 19.8 Å². The topological polar surface area (TPSA) is 46.0 Å². The van der Waals surface area contributed by atoms with Crippen molar-refractivity contribution in [2.45, 2.75) is 26.7 Å². The van der Waals surface area contributed by atoms with E-state index in [1.165, 1.54) is 0 Å². The Morgan fingerprint density at radius 3 is 3.08 bits per heavy atom.